The lowest BCUT2D eigenvalue weighted by molar-refractivity contribution is 0.299. The highest BCUT2D eigenvalue weighted by atomic mass is 16.4. The second-order valence-corrected chi connectivity index (χ2v) is 3.71. The van der Waals surface area contributed by atoms with E-state index in [2.05, 4.69) is 29.4 Å². The molecule has 4 nitrogen and oxygen atoms in total. The van der Waals surface area contributed by atoms with Crippen molar-refractivity contribution < 1.29 is 5.21 Å². The predicted octanol–water partition coefficient (Wildman–Crippen LogP) is 0.791. The van der Waals surface area contributed by atoms with E-state index in [-0.39, 0.29) is 5.96 Å². The summed E-state index contributed by atoms with van der Waals surface area (Å²) in [4.78, 5) is 1.90. The Morgan fingerprint density at radius 2 is 1.73 bits per heavy atom. The van der Waals surface area contributed by atoms with Gasteiger partial charge in [-0.05, 0) is 24.0 Å². The monoisotopic (exact) mass is 205 g/mol. The van der Waals surface area contributed by atoms with Gasteiger partial charge in [-0.15, -0.1) is 0 Å². The fraction of sp³-hybridized carbons (Fsp3) is 0.364. The first kappa shape index (κ1) is 9.83. The molecule has 0 amide bonds. The first-order valence-electron chi connectivity index (χ1n) is 5.10. The first-order chi connectivity index (χ1) is 7.31. The molecule has 1 aliphatic rings. The van der Waals surface area contributed by atoms with Gasteiger partial charge in [0, 0.05) is 13.1 Å². The lowest BCUT2D eigenvalue weighted by Gasteiger charge is -2.19. The Hall–Kier alpha value is -1.71. The average molecular weight is 205 g/mol. The summed E-state index contributed by atoms with van der Waals surface area (Å²) in [5, 5.41) is 11.7. The van der Waals surface area contributed by atoms with Crippen LogP contribution in [0, 0.1) is 0 Å². The predicted molar refractivity (Wildman–Crippen MR) is 58.8 cm³/mol. The van der Waals surface area contributed by atoms with E-state index in [4.69, 9.17) is 10.9 Å². The SMILES string of the molecule is NC(=NO)N1CCc2ccccc2CC1. The zero-order chi connectivity index (χ0) is 10.7. The van der Waals surface area contributed by atoms with Crippen LogP contribution in [0.2, 0.25) is 0 Å². The molecule has 4 heteroatoms. The summed E-state index contributed by atoms with van der Waals surface area (Å²) >= 11 is 0. The van der Waals surface area contributed by atoms with Crippen molar-refractivity contribution in [2.24, 2.45) is 10.9 Å². The van der Waals surface area contributed by atoms with Crippen LogP contribution in [0.25, 0.3) is 0 Å². The minimum Gasteiger partial charge on any atom is -0.408 e. The van der Waals surface area contributed by atoms with Gasteiger partial charge in [0.25, 0.3) is 0 Å². The highest BCUT2D eigenvalue weighted by Crippen LogP contribution is 2.15. The summed E-state index contributed by atoms with van der Waals surface area (Å²) in [6, 6.07) is 8.40. The van der Waals surface area contributed by atoms with Crippen molar-refractivity contribution in [2.45, 2.75) is 12.8 Å². The molecule has 1 heterocycles. The van der Waals surface area contributed by atoms with Crippen LogP contribution >= 0.6 is 0 Å². The zero-order valence-electron chi connectivity index (χ0n) is 8.56. The van der Waals surface area contributed by atoms with Crippen LogP contribution in [0.15, 0.2) is 29.4 Å². The molecule has 0 bridgehead atoms. The summed E-state index contributed by atoms with van der Waals surface area (Å²) < 4.78 is 0. The van der Waals surface area contributed by atoms with Gasteiger partial charge >= 0.3 is 0 Å². The number of guanidine groups is 1. The van der Waals surface area contributed by atoms with Crippen LogP contribution in [0.1, 0.15) is 11.1 Å². The molecule has 0 unspecified atom stereocenters. The van der Waals surface area contributed by atoms with E-state index in [0.717, 1.165) is 25.9 Å². The lowest BCUT2D eigenvalue weighted by atomic mass is 10.0. The lowest BCUT2D eigenvalue weighted by Crippen LogP contribution is -2.38. The van der Waals surface area contributed by atoms with Crippen molar-refractivity contribution in [1.82, 2.24) is 4.90 Å². The van der Waals surface area contributed by atoms with Crippen LogP contribution in [-0.4, -0.2) is 29.2 Å². The molecule has 0 aromatic heterocycles. The smallest absolute Gasteiger partial charge is 0.233 e. The standard InChI is InChI=1S/C11H15N3O/c12-11(13-15)14-7-5-9-3-1-2-4-10(9)6-8-14/h1-4,15H,5-8H2,(H2,12,13). The Labute approximate surface area is 89.0 Å². The largest absolute Gasteiger partial charge is 0.408 e. The van der Waals surface area contributed by atoms with Crippen LogP contribution in [0.5, 0.6) is 0 Å². The molecule has 3 N–H and O–H groups in total. The van der Waals surface area contributed by atoms with Gasteiger partial charge in [-0.3, -0.25) is 0 Å². The third-order valence-electron chi connectivity index (χ3n) is 2.85. The van der Waals surface area contributed by atoms with Gasteiger partial charge in [0.05, 0.1) is 0 Å². The number of fused-ring (bicyclic) bond motifs is 1. The molecule has 0 fully saturated rings. The molecule has 1 aromatic carbocycles. The van der Waals surface area contributed by atoms with E-state index in [1.54, 1.807) is 0 Å². The Kier molecular flexibility index (Phi) is 2.76. The van der Waals surface area contributed by atoms with Crippen LogP contribution in [0.4, 0.5) is 0 Å². The number of hydrogen-bond donors (Lipinski definition) is 2. The molecular weight excluding hydrogens is 190 g/mol. The minimum atomic E-state index is 0.211. The molecular formula is C11H15N3O. The summed E-state index contributed by atoms with van der Waals surface area (Å²) in [6.45, 7) is 1.62. The van der Waals surface area contributed by atoms with E-state index in [1.807, 2.05) is 4.90 Å². The van der Waals surface area contributed by atoms with Crippen molar-refractivity contribution in [3.05, 3.63) is 35.4 Å². The van der Waals surface area contributed by atoms with Gasteiger partial charge in [0.2, 0.25) is 5.96 Å². The first-order valence-corrected chi connectivity index (χ1v) is 5.10. The molecule has 0 saturated heterocycles. The molecule has 15 heavy (non-hydrogen) atoms. The Morgan fingerprint density at radius 3 is 2.20 bits per heavy atom. The zero-order valence-corrected chi connectivity index (χ0v) is 8.56. The second kappa shape index (κ2) is 4.21. The quantitative estimate of drug-likeness (QED) is 0.285. The van der Waals surface area contributed by atoms with Crippen molar-refractivity contribution in [1.29, 1.82) is 0 Å². The van der Waals surface area contributed by atoms with Gasteiger partial charge in [-0.2, -0.15) is 0 Å². The van der Waals surface area contributed by atoms with Crippen molar-refractivity contribution in [3.63, 3.8) is 0 Å². The molecule has 0 atom stereocenters. The average Bonchev–Trinajstić information content (AvgIpc) is 2.50. The van der Waals surface area contributed by atoms with E-state index in [0.29, 0.717) is 0 Å². The van der Waals surface area contributed by atoms with Crippen molar-refractivity contribution in [2.75, 3.05) is 13.1 Å². The number of benzene rings is 1. The Balaban J connectivity index is 2.15. The van der Waals surface area contributed by atoms with Gasteiger partial charge in [0.1, 0.15) is 0 Å². The molecule has 1 aromatic rings. The van der Waals surface area contributed by atoms with Crippen LogP contribution in [-0.2, 0) is 12.8 Å². The van der Waals surface area contributed by atoms with Crippen LogP contribution < -0.4 is 5.73 Å². The van der Waals surface area contributed by atoms with Crippen molar-refractivity contribution in [3.8, 4) is 0 Å². The molecule has 0 radical (unpaired) electrons. The van der Waals surface area contributed by atoms with Gasteiger partial charge in [-0.1, -0.05) is 29.4 Å². The Morgan fingerprint density at radius 1 is 1.20 bits per heavy atom. The van der Waals surface area contributed by atoms with Gasteiger partial charge in [0.15, 0.2) is 0 Å². The third-order valence-corrected chi connectivity index (χ3v) is 2.85. The van der Waals surface area contributed by atoms with Gasteiger partial charge < -0.3 is 15.8 Å². The number of hydrogen-bond acceptors (Lipinski definition) is 2. The normalized spacial score (nSPS) is 17.1. The maximum atomic E-state index is 8.62. The highest BCUT2D eigenvalue weighted by Gasteiger charge is 2.14. The highest BCUT2D eigenvalue weighted by molar-refractivity contribution is 5.77. The van der Waals surface area contributed by atoms with Gasteiger partial charge in [-0.25, -0.2) is 0 Å². The van der Waals surface area contributed by atoms with E-state index >= 15 is 0 Å². The minimum absolute atomic E-state index is 0.211. The molecule has 80 valence electrons. The second-order valence-electron chi connectivity index (χ2n) is 3.71. The maximum Gasteiger partial charge on any atom is 0.233 e. The van der Waals surface area contributed by atoms with E-state index < -0.39 is 0 Å². The number of nitrogens with zero attached hydrogens (tertiary/aromatic N) is 2. The maximum absolute atomic E-state index is 8.62. The van der Waals surface area contributed by atoms with E-state index in [9.17, 15) is 0 Å². The summed E-state index contributed by atoms with van der Waals surface area (Å²) in [7, 11) is 0. The third kappa shape index (κ3) is 2.03. The number of nitrogens with two attached hydrogens (primary N) is 1. The number of rotatable bonds is 0. The Bertz CT molecular complexity index is 349. The fourth-order valence-corrected chi connectivity index (χ4v) is 1.96. The van der Waals surface area contributed by atoms with Crippen LogP contribution in [0.3, 0.4) is 0 Å². The topological polar surface area (TPSA) is 61.9 Å². The van der Waals surface area contributed by atoms with E-state index in [1.165, 1.54) is 11.1 Å². The summed E-state index contributed by atoms with van der Waals surface area (Å²) in [5.74, 6) is 0.211. The number of oxime groups is 1. The fourth-order valence-electron chi connectivity index (χ4n) is 1.96. The summed E-state index contributed by atoms with van der Waals surface area (Å²) in [5.41, 5.74) is 8.31. The molecule has 0 saturated carbocycles. The van der Waals surface area contributed by atoms with Crippen molar-refractivity contribution >= 4 is 5.96 Å². The molecule has 1 aliphatic heterocycles. The summed E-state index contributed by atoms with van der Waals surface area (Å²) in [6.07, 6.45) is 1.90. The molecule has 2 rings (SSSR count). The molecule has 0 aliphatic carbocycles. The molecule has 0 spiro atoms.